The van der Waals surface area contributed by atoms with Crippen LogP contribution in [0.3, 0.4) is 0 Å². The molecule has 39 heavy (non-hydrogen) atoms. The van der Waals surface area contributed by atoms with Crippen molar-refractivity contribution in [2.24, 2.45) is 7.05 Å². The van der Waals surface area contributed by atoms with Crippen molar-refractivity contribution in [1.82, 2.24) is 24.4 Å². The largest absolute Gasteiger partial charge is 0.478 e. The summed E-state index contributed by atoms with van der Waals surface area (Å²) >= 11 is 0. The van der Waals surface area contributed by atoms with E-state index in [1.165, 1.54) is 11.3 Å². The molecule has 0 aliphatic carbocycles. The molecule has 8 nitrogen and oxygen atoms in total. The number of imidazole rings is 1. The molecule has 2 aromatic carbocycles. The zero-order valence-corrected chi connectivity index (χ0v) is 22.5. The van der Waals surface area contributed by atoms with Gasteiger partial charge in [-0.2, -0.15) is 0 Å². The molecular formula is C31H33N5O3. The highest BCUT2D eigenvalue weighted by atomic mass is 16.5. The van der Waals surface area contributed by atoms with E-state index in [4.69, 9.17) is 9.72 Å². The van der Waals surface area contributed by atoms with Gasteiger partial charge in [0.2, 0.25) is 0 Å². The van der Waals surface area contributed by atoms with E-state index in [9.17, 15) is 9.90 Å². The lowest BCUT2D eigenvalue weighted by Crippen LogP contribution is -2.35. The average Bonchev–Trinajstić information content (AvgIpc) is 3.52. The van der Waals surface area contributed by atoms with Gasteiger partial charge in [0.05, 0.1) is 16.6 Å². The van der Waals surface area contributed by atoms with E-state index in [1.54, 1.807) is 19.2 Å². The Bertz CT molecular complexity index is 1640. The van der Waals surface area contributed by atoms with Gasteiger partial charge in [-0.05, 0) is 91.9 Å². The molecule has 8 heteroatoms. The molecule has 4 heterocycles. The molecule has 1 fully saturated rings. The van der Waals surface area contributed by atoms with Crippen molar-refractivity contribution >= 4 is 28.0 Å². The number of ether oxygens (including phenoxy) is 1. The zero-order valence-electron chi connectivity index (χ0n) is 22.5. The first-order valence-electron chi connectivity index (χ1n) is 13.4. The van der Waals surface area contributed by atoms with E-state index in [0.717, 1.165) is 64.9 Å². The minimum Gasteiger partial charge on any atom is -0.478 e. The molecule has 0 bridgehead atoms. The number of carboxylic acid groups (broad SMARTS) is 1. The number of benzene rings is 2. The van der Waals surface area contributed by atoms with Crippen LogP contribution in [0, 0.1) is 0 Å². The van der Waals surface area contributed by atoms with E-state index in [2.05, 4.69) is 63.7 Å². The Labute approximate surface area is 227 Å². The fourth-order valence-electron chi connectivity index (χ4n) is 6.03. The predicted molar refractivity (Wildman–Crippen MR) is 152 cm³/mol. The van der Waals surface area contributed by atoms with E-state index in [-0.39, 0.29) is 6.04 Å². The molecule has 0 radical (unpaired) electrons. The number of fused-ring (bicyclic) bond motifs is 2. The van der Waals surface area contributed by atoms with Crippen molar-refractivity contribution in [3.8, 4) is 11.1 Å². The lowest BCUT2D eigenvalue weighted by atomic mass is 9.88. The minimum atomic E-state index is -0.879. The third kappa shape index (κ3) is 4.70. The molecule has 200 valence electrons. The summed E-state index contributed by atoms with van der Waals surface area (Å²) in [6.45, 7) is 4.73. The first-order chi connectivity index (χ1) is 18.9. The number of aryl methyl sites for hydroxylation is 1. The lowest BCUT2D eigenvalue weighted by molar-refractivity contribution is 0.0697. The monoisotopic (exact) mass is 523 g/mol. The van der Waals surface area contributed by atoms with Crippen LogP contribution >= 0.6 is 0 Å². The normalized spacial score (nSPS) is 15.8. The van der Waals surface area contributed by atoms with Gasteiger partial charge in [0.25, 0.3) is 0 Å². The maximum absolute atomic E-state index is 11.2. The highest BCUT2D eigenvalue weighted by Gasteiger charge is 2.27. The van der Waals surface area contributed by atoms with Crippen molar-refractivity contribution in [2.45, 2.75) is 38.3 Å². The van der Waals surface area contributed by atoms with Crippen LogP contribution in [0.15, 0.2) is 60.8 Å². The molecular weight excluding hydrogens is 490 g/mol. The molecule has 1 saturated heterocycles. The van der Waals surface area contributed by atoms with Gasteiger partial charge in [0, 0.05) is 37.5 Å². The van der Waals surface area contributed by atoms with Crippen molar-refractivity contribution < 1.29 is 14.6 Å². The van der Waals surface area contributed by atoms with E-state index in [1.807, 2.05) is 18.3 Å². The number of aromatic carboxylic acids is 1. The molecule has 0 spiro atoms. The van der Waals surface area contributed by atoms with Crippen LogP contribution < -0.4 is 0 Å². The topological polar surface area (TPSA) is 96.3 Å². The van der Waals surface area contributed by atoms with Crippen LogP contribution in [0.4, 0.5) is 0 Å². The Morgan fingerprint density at radius 2 is 1.90 bits per heavy atom. The van der Waals surface area contributed by atoms with Crippen molar-refractivity contribution in [1.29, 1.82) is 0 Å². The molecule has 5 aromatic rings. The highest BCUT2D eigenvalue weighted by molar-refractivity contribution is 5.96. The number of rotatable bonds is 7. The minimum absolute atomic E-state index is 0.249. The fourth-order valence-corrected chi connectivity index (χ4v) is 6.03. The van der Waals surface area contributed by atoms with Crippen LogP contribution in [-0.4, -0.2) is 55.7 Å². The maximum atomic E-state index is 11.2. The van der Waals surface area contributed by atoms with Gasteiger partial charge in [-0.15, -0.1) is 0 Å². The fraction of sp³-hybridized carbons (Fsp3) is 0.323. The Morgan fingerprint density at radius 1 is 1.13 bits per heavy atom. The quantitative estimate of drug-likeness (QED) is 0.276. The third-order valence-corrected chi connectivity index (χ3v) is 8.22. The van der Waals surface area contributed by atoms with E-state index in [0.29, 0.717) is 18.1 Å². The molecule has 6 rings (SSSR count). The summed E-state index contributed by atoms with van der Waals surface area (Å²) in [6.07, 6.45) is 4.00. The summed E-state index contributed by atoms with van der Waals surface area (Å²) in [5, 5.41) is 10.3. The number of piperidine rings is 1. The van der Waals surface area contributed by atoms with Crippen LogP contribution in [0.5, 0.6) is 0 Å². The second kappa shape index (κ2) is 10.3. The van der Waals surface area contributed by atoms with Gasteiger partial charge in [0.1, 0.15) is 18.1 Å². The number of nitrogens with one attached hydrogen (secondary N) is 1. The average molecular weight is 524 g/mol. The molecule has 1 aliphatic heterocycles. The number of H-pyrrole nitrogens is 1. The van der Waals surface area contributed by atoms with Gasteiger partial charge < -0.3 is 19.4 Å². The number of hydrogen-bond acceptors (Lipinski definition) is 5. The SMILES string of the molecule is COCc1nc2ccc(-c3ccnc4c3cc([C@H](C)N3CCC(c5ccc(C(=O)O)cc5)CC3)n4C)cc2[nH]1. The first kappa shape index (κ1) is 25.3. The van der Waals surface area contributed by atoms with Crippen LogP contribution in [0.25, 0.3) is 33.2 Å². The lowest BCUT2D eigenvalue weighted by Gasteiger charge is -2.36. The molecule has 1 atom stereocenters. The number of nitrogens with zero attached hydrogens (tertiary/aromatic N) is 4. The van der Waals surface area contributed by atoms with Gasteiger partial charge in [0.15, 0.2) is 0 Å². The second-order valence-electron chi connectivity index (χ2n) is 10.5. The van der Waals surface area contributed by atoms with E-state index >= 15 is 0 Å². The van der Waals surface area contributed by atoms with Crippen molar-refractivity contribution in [2.75, 3.05) is 20.2 Å². The number of hydrogen-bond donors (Lipinski definition) is 2. The van der Waals surface area contributed by atoms with E-state index < -0.39 is 5.97 Å². The first-order valence-corrected chi connectivity index (χ1v) is 13.4. The Hall–Kier alpha value is -4.01. The van der Waals surface area contributed by atoms with Crippen LogP contribution in [0.1, 0.15) is 59.2 Å². The molecule has 2 N–H and O–H groups in total. The van der Waals surface area contributed by atoms with Gasteiger partial charge in [-0.25, -0.2) is 14.8 Å². The smallest absolute Gasteiger partial charge is 0.335 e. The Balaban J connectivity index is 1.23. The van der Waals surface area contributed by atoms with Crippen LogP contribution in [-0.2, 0) is 18.4 Å². The summed E-state index contributed by atoms with van der Waals surface area (Å²) in [4.78, 5) is 26.4. The standard InChI is InChI=1S/C31H33N5O3/c1-19(36-14-11-21(12-15-36)20-4-6-22(7-5-20)31(37)38)28-17-25-24(10-13-32-30(25)35(28)2)23-8-9-26-27(16-23)34-29(33-26)18-39-3/h4-10,13,16-17,19,21H,11-12,14-15,18H2,1-3H3,(H,33,34)(H,37,38)/t19-/m0/s1. The summed E-state index contributed by atoms with van der Waals surface area (Å²) in [6, 6.07) is 18.4. The van der Waals surface area contributed by atoms with Crippen molar-refractivity contribution in [3.63, 3.8) is 0 Å². The predicted octanol–water partition coefficient (Wildman–Crippen LogP) is 5.90. The summed E-state index contributed by atoms with van der Waals surface area (Å²) in [5.74, 6) is 0.399. The number of pyridine rings is 1. The molecule has 0 saturated carbocycles. The Morgan fingerprint density at radius 3 is 2.62 bits per heavy atom. The maximum Gasteiger partial charge on any atom is 0.335 e. The number of likely N-dealkylation sites (tertiary alicyclic amines) is 1. The van der Waals surface area contributed by atoms with Gasteiger partial charge in [-0.1, -0.05) is 18.2 Å². The number of aromatic nitrogens is 4. The molecule has 0 unspecified atom stereocenters. The third-order valence-electron chi connectivity index (χ3n) is 8.22. The molecule has 3 aromatic heterocycles. The van der Waals surface area contributed by atoms with Gasteiger partial charge >= 0.3 is 5.97 Å². The Kier molecular flexibility index (Phi) is 6.66. The van der Waals surface area contributed by atoms with Crippen molar-refractivity contribution in [3.05, 3.63) is 83.4 Å². The molecule has 0 amide bonds. The summed E-state index contributed by atoms with van der Waals surface area (Å²) in [7, 11) is 3.78. The number of carboxylic acids is 1. The molecule has 1 aliphatic rings. The highest BCUT2D eigenvalue weighted by Crippen LogP contribution is 2.36. The number of carbonyl (C=O) groups is 1. The summed E-state index contributed by atoms with van der Waals surface area (Å²) < 4.78 is 7.46. The van der Waals surface area contributed by atoms with Gasteiger partial charge in [-0.3, -0.25) is 4.90 Å². The number of methoxy groups -OCH3 is 1. The number of aromatic amines is 1. The second-order valence-corrected chi connectivity index (χ2v) is 10.5. The van der Waals surface area contributed by atoms with Crippen LogP contribution in [0.2, 0.25) is 0 Å². The zero-order chi connectivity index (χ0) is 27.1. The summed E-state index contributed by atoms with van der Waals surface area (Å²) in [5.41, 5.74) is 8.01.